The quantitative estimate of drug-likeness (QED) is 0.620. The third-order valence-electron chi connectivity index (χ3n) is 4.17. The van der Waals surface area contributed by atoms with Crippen LogP contribution in [0.2, 0.25) is 10.0 Å². The number of piperidine rings is 1. The Hall–Kier alpha value is -2.30. The number of halogens is 5. The van der Waals surface area contributed by atoms with E-state index in [2.05, 4.69) is 27.5 Å². The first-order chi connectivity index (χ1) is 14.0. The van der Waals surface area contributed by atoms with Crippen LogP contribution in [0.4, 0.5) is 19.0 Å². The molecular formula is C18H19Cl2F3N4O3. The monoisotopic (exact) mass is 466 g/mol. The topological polar surface area (TPSA) is 98.6 Å². The molecule has 2 aromatic rings. The highest BCUT2D eigenvalue weighted by Gasteiger charge is 2.38. The average Bonchev–Trinajstić information content (AvgIpc) is 2.62. The lowest BCUT2D eigenvalue weighted by Gasteiger charge is -2.30. The van der Waals surface area contributed by atoms with Crippen molar-refractivity contribution in [3.05, 3.63) is 34.3 Å². The fourth-order valence-electron chi connectivity index (χ4n) is 2.85. The molecule has 0 saturated carbocycles. The predicted octanol–water partition coefficient (Wildman–Crippen LogP) is 4.30. The fourth-order valence-corrected chi connectivity index (χ4v) is 3.43. The van der Waals surface area contributed by atoms with Gasteiger partial charge in [0.2, 0.25) is 0 Å². The van der Waals surface area contributed by atoms with Gasteiger partial charge in [0, 0.05) is 17.6 Å². The number of carboxylic acid groups (broad SMARTS) is 1. The summed E-state index contributed by atoms with van der Waals surface area (Å²) in [7, 11) is 2.12. The summed E-state index contributed by atoms with van der Waals surface area (Å²) in [5.41, 5.74) is 0.947. The van der Waals surface area contributed by atoms with E-state index in [-0.39, 0.29) is 5.75 Å². The number of nitrogens with one attached hydrogen (secondary N) is 1. The molecule has 7 nitrogen and oxygen atoms in total. The van der Waals surface area contributed by atoms with Gasteiger partial charge in [0.1, 0.15) is 11.6 Å². The SMILES string of the molecule is CN1CCC[C@H](Nc2ccc(-c3c(O)cc(Cl)cc3Cl)nn2)C1.O=C(O)C(F)(F)F. The van der Waals surface area contributed by atoms with Crippen LogP contribution >= 0.6 is 23.2 Å². The average molecular weight is 467 g/mol. The van der Waals surface area contributed by atoms with Gasteiger partial charge in [-0.05, 0) is 50.7 Å². The molecule has 1 atom stereocenters. The van der Waals surface area contributed by atoms with Crippen LogP contribution in [0, 0.1) is 0 Å². The molecule has 0 amide bonds. The Morgan fingerprint density at radius 3 is 2.43 bits per heavy atom. The maximum Gasteiger partial charge on any atom is 0.490 e. The zero-order valence-electron chi connectivity index (χ0n) is 15.7. The van der Waals surface area contributed by atoms with Gasteiger partial charge >= 0.3 is 12.1 Å². The highest BCUT2D eigenvalue weighted by molar-refractivity contribution is 6.36. The highest BCUT2D eigenvalue weighted by atomic mass is 35.5. The summed E-state index contributed by atoms with van der Waals surface area (Å²) in [6.07, 6.45) is -2.79. The van der Waals surface area contributed by atoms with E-state index in [0.29, 0.717) is 27.3 Å². The molecular weight excluding hydrogens is 448 g/mol. The van der Waals surface area contributed by atoms with E-state index in [1.54, 1.807) is 12.1 Å². The second kappa shape index (κ2) is 10.1. The molecule has 1 aromatic heterocycles. The van der Waals surface area contributed by atoms with Crippen molar-refractivity contribution in [2.75, 3.05) is 25.5 Å². The number of anilines is 1. The van der Waals surface area contributed by atoms with Crippen molar-refractivity contribution < 1.29 is 28.2 Å². The molecule has 0 aliphatic carbocycles. The van der Waals surface area contributed by atoms with E-state index in [1.807, 2.05) is 6.07 Å². The van der Waals surface area contributed by atoms with Crippen LogP contribution in [0.25, 0.3) is 11.3 Å². The molecule has 1 aliphatic rings. The molecule has 1 aliphatic heterocycles. The smallest absolute Gasteiger partial charge is 0.490 e. The third-order valence-corrected chi connectivity index (χ3v) is 4.69. The Morgan fingerprint density at radius 2 is 1.93 bits per heavy atom. The van der Waals surface area contributed by atoms with Gasteiger partial charge in [-0.15, -0.1) is 10.2 Å². The van der Waals surface area contributed by atoms with Gasteiger partial charge in [0.05, 0.1) is 16.3 Å². The Balaban J connectivity index is 0.000000396. The van der Waals surface area contributed by atoms with Crippen molar-refractivity contribution in [3.63, 3.8) is 0 Å². The number of phenolic OH excluding ortho intramolecular Hbond substituents is 1. The number of carboxylic acids is 1. The van der Waals surface area contributed by atoms with Gasteiger partial charge in [-0.25, -0.2) is 4.79 Å². The lowest BCUT2D eigenvalue weighted by atomic mass is 10.1. The molecule has 1 aromatic carbocycles. The molecule has 0 radical (unpaired) electrons. The molecule has 1 fully saturated rings. The number of alkyl halides is 3. The number of phenols is 1. The number of hydrogen-bond acceptors (Lipinski definition) is 6. The van der Waals surface area contributed by atoms with Gasteiger partial charge in [0.25, 0.3) is 0 Å². The van der Waals surface area contributed by atoms with Crippen molar-refractivity contribution in [3.8, 4) is 17.0 Å². The van der Waals surface area contributed by atoms with E-state index in [1.165, 1.54) is 12.5 Å². The van der Waals surface area contributed by atoms with Gasteiger partial charge in [-0.3, -0.25) is 0 Å². The lowest BCUT2D eigenvalue weighted by molar-refractivity contribution is -0.192. The van der Waals surface area contributed by atoms with Gasteiger partial charge in [0.15, 0.2) is 0 Å². The number of carbonyl (C=O) groups is 1. The third kappa shape index (κ3) is 6.89. The van der Waals surface area contributed by atoms with E-state index >= 15 is 0 Å². The van der Waals surface area contributed by atoms with Crippen LogP contribution < -0.4 is 5.32 Å². The first kappa shape index (κ1) is 24.0. The van der Waals surface area contributed by atoms with Crippen molar-refractivity contribution in [1.29, 1.82) is 0 Å². The second-order valence-electron chi connectivity index (χ2n) is 6.63. The number of hydrogen-bond donors (Lipinski definition) is 3. The standard InChI is InChI=1S/C16H18Cl2N4O.C2HF3O2/c1-22-6-2-3-11(9-22)19-15-5-4-13(20-21-15)16-12(18)7-10(17)8-14(16)23;3-2(4,5)1(6)7/h4-5,7-8,11,23H,2-3,6,9H2,1H3,(H,19,21);(H,6,7)/t11-;/m0./s1. The Morgan fingerprint density at radius 1 is 1.27 bits per heavy atom. The minimum atomic E-state index is -5.08. The van der Waals surface area contributed by atoms with E-state index < -0.39 is 12.1 Å². The molecule has 3 rings (SSSR count). The number of aromatic hydroxyl groups is 1. The molecule has 0 unspecified atom stereocenters. The molecule has 0 bridgehead atoms. The number of likely N-dealkylation sites (N-methyl/N-ethyl adjacent to an activating group) is 1. The van der Waals surface area contributed by atoms with Crippen molar-refractivity contribution in [1.82, 2.24) is 15.1 Å². The van der Waals surface area contributed by atoms with E-state index in [9.17, 15) is 18.3 Å². The van der Waals surface area contributed by atoms with Crippen LogP contribution in [0.15, 0.2) is 24.3 Å². The fraction of sp³-hybridized carbons (Fsp3) is 0.389. The normalized spacial score (nSPS) is 17.1. The summed E-state index contributed by atoms with van der Waals surface area (Å²) in [5.74, 6) is -2.04. The van der Waals surface area contributed by atoms with Crippen LogP contribution in [-0.2, 0) is 4.79 Å². The Bertz CT molecular complexity index is 859. The van der Waals surface area contributed by atoms with Crippen molar-refractivity contribution >= 4 is 35.0 Å². The highest BCUT2D eigenvalue weighted by Crippen LogP contribution is 2.37. The summed E-state index contributed by atoms with van der Waals surface area (Å²) < 4.78 is 31.7. The van der Waals surface area contributed by atoms with Crippen LogP contribution in [-0.4, -0.2) is 63.6 Å². The predicted molar refractivity (Wildman–Crippen MR) is 107 cm³/mol. The summed E-state index contributed by atoms with van der Waals surface area (Å²) in [5, 5.41) is 29.6. The summed E-state index contributed by atoms with van der Waals surface area (Å²) >= 11 is 12.0. The molecule has 30 heavy (non-hydrogen) atoms. The first-order valence-corrected chi connectivity index (χ1v) is 9.50. The maximum atomic E-state index is 10.6. The van der Waals surface area contributed by atoms with Crippen LogP contribution in [0.5, 0.6) is 5.75 Å². The number of benzene rings is 1. The number of aliphatic carboxylic acids is 1. The second-order valence-corrected chi connectivity index (χ2v) is 7.48. The maximum absolute atomic E-state index is 10.6. The van der Waals surface area contributed by atoms with Crippen molar-refractivity contribution in [2.24, 2.45) is 0 Å². The summed E-state index contributed by atoms with van der Waals surface area (Å²) in [6, 6.07) is 7.03. The zero-order chi connectivity index (χ0) is 22.5. The molecule has 2 heterocycles. The molecule has 12 heteroatoms. The molecule has 0 spiro atoms. The lowest BCUT2D eigenvalue weighted by Crippen LogP contribution is -2.39. The van der Waals surface area contributed by atoms with Gasteiger partial charge < -0.3 is 20.4 Å². The minimum absolute atomic E-state index is 0.00795. The van der Waals surface area contributed by atoms with Gasteiger partial charge in [-0.2, -0.15) is 13.2 Å². The number of likely N-dealkylation sites (tertiary alicyclic amines) is 1. The summed E-state index contributed by atoms with van der Waals surface area (Å²) in [4.78, 5) is 11.2. The largest absolute Gasteiger partial charge is 0.507 e. The number of rotatable bonds is 3. The summed E-state index contributed by atoms with van der Waals surface area (Å²) in [6.45, 7) is 2.13. The molecule has 3 N–H and O–H groups in total. The zero-order valence-corrected chi connectivity index (χ0v) is 17.3. The molecule has 164 valence electrons. The van der Waals surface area contributed by atoms with E-state index in [4.69, 9.17) is 33.1 Å². The van der Waals surface area contributed by atoms with E-state index in [0.717, 1.165) is 25.3 Å². The Kier molecular flexibility index (Phi) is 8.10. The van der Waals surface area contributed by atoms with Crippen LogP contribution in [0.3, 0.4) is 0 Å². The first-order valence-electron chi connectivity index (χ1n) is 8.74. The minimum Gasteiger partial charge on any atom is -0.507 e. The number of nitrogens with zero attached hydrogens (tertiary/aromatic N) is 3. The molecule has 1 saturated heterocycles. The Labute approximate surface area is 180 Å². The number of aromatic nitrogens is 2. The van der Waals surface area contributed by atoms with Gasteiger partial charge in [-0.1, -0.05) is 23.2 Å². The van der Waals surface area contributed by atoms with Crippen LogP contribution in [0.1, 0.15) is 12.8 Å². The van der Waals surface area contributed by atoms with Crippen molar-refractivity contribution in [2.45, 2.75) is 25.1 Å².